The lowest BCUT2D eigenvalue weighted by Gasteiger charge is -2.08. The quantitative estimate of drug-likeness (QED) is 0.533. The van der Waals surface area contributed by atoms with Crippen molar-refractivity contribution in [3.63, 3.8) is 0 Å². The van der Waals surface area contributed by atoms with Crippen molar-refractivity contribution in [2.24, 2.45) is 0 Å². The van der Waals surface area contributed by atoms with Crippen LogP contribution in [0.4, 0.5) is 5.00 Å². The van der Waals surface area contributed by atoms with Crippen molar-refractivity contribution in [3.8, 4) is 11.4 Å². The predicted molar refractivity (Wildman–Crippen MR) is 113 cm³/mol. The van der Waals surface area contributed by atoms with Crippen LogP contribution in [0.2, 0.25) is 0 Å². The summed E-state index contributed by atoms with van der Waals surface area (Å²) in [4.78, 5) is 49.6. The molecule has 0 saturated carbocycles. The van der Waals surface area contributed by atoms with E-state index < -0.39 is 30.1 Å². The number of nitrogens with zero attached hydrogens (tertiary/aromatic N) is 2. The third kappa shape index (κ3) is 4.56. The van der Waals surface area contributed by atoms with Gasteiger partial charge in [0.05, 0.1) is 17.0 Å². The molecule has 2 amide bonds. The summed E-state index contributed by atoms with van der Waals surface area (Å²) < 4.78 is 10.9. The number of hydrogen-bond donors (Lipinski definition) is 2. The molecule has 0 atom stereocenters. The van der Waals surface area contributed by atoms with Gasteiger partial charge in [-0.3, -0.25) is 14.1 Å². The van der Waals surface area contributed by atoms with E-state index in [1.54, 1.807) is 44.2 Å². The van der Waals surface area contributed by atoms with E-state index in [4.69, 9.17) is 9.26 Å². The van der Waals surface area contributed by atoms with Gasteiger partial charge in [-0.1, -0.05) is 35.5 Å². The van der Waals surface area contributed by atoms with Crippen LogP contribution in [-0.4, -0.2) is 41.2 Å². The number of rotatable bonds is 7. The van der Waals surface area contributed by atoms with E-state index in [1.807, 2.05) is 0 Å². The number of thiophene rings is 1. The van der Waals surface area contributed by atoms with E-state index in [1.165, 1.54) is 7.05 Å². The van der Waals surface area contributed by atoms with Gasteiger partial charge >= 0.3 is 11.7 Å². The van der Waals surface area contributed by atoms with E-state index in [2.05, 4.69) is 15.8 Å². The standard InChI is InChI=1S/C20H20N4O6S/c1-4-29-19(27)14-11(2)15(17(26)21-3)31-18(14)22-13(25)10-24-16(23-30-20(24)28)12-8-6-5-7-9-12/h5-9H,4,10H2,1-3H3,(H,21,26)(H,22,25). The summed E-state index contributed by atoms with van der Waals surface area (Å²) in [6.45, 7) is 2.98. The molecule has 10 nitrogen and oxygen atoms in total. The number of carbonyl (C=O) groups excluding carboxylic acids is 3. The maximum atomic E-state index is 12.7. The Morgan fingerprint density at radius 3 is 2.58 bits per heavy atom. The summed E-state index contributed by atoms with van der Waals surface area (Å²) >= 11 is 0.947. The minimum Gasteiger partial charge on any atom is -0.462 e. The number of hydrogen-bond acceptors (Lipinski definition) is 8. The molecule has 1 aromatic carbocycles. The lowest BCUT2D eigenvalue weighted by molar-refractivity contribution is -0.116. The van der Waals surface area contributed by atoms with E-state index in [0.717, 1.165) is 15.9 Å². The van der Waals surface area contributed by atoms with Gasteiger partial charge in [-0.05, 0) is 19.4 Å². The van der Waals surface area contributed by atoms with Gasteiger partial charge in [-0.15, -0.1) is 11.3 Å². The second-order valence-electron chi connectivity index (χ2n) is 6.33. The Kier molecular flexibility index (Phi) is 6.65. The molecule has 0 spiro atoms. The smallest absolute Gasteiger partial charge is 0.442 e. The molecule has 0 aliphatic heterocycles. The van der Waals surface area contributed by atoms with Gasteiger partial charge in [0.25, 0.3) is 5.91 Å². The Morgan fingerprint density at radius 2 is 1.94 bits per heavy atom. The summed E-state index contributed by atoms with van der Waals surface area (Å²) in [5.74, 6) is -2.26. The molecule has 0 unspecified atom stereocenters. The lowest BCUT2D eigenvalue weighted by Crippen LogP contribution is -2.26. The van der Waals surface area contributed by atoms with Gasteiger partial charge in [0.2, 0.25) is 5.91 Å². The fourth-order valence-electron chi connectivity index (χ4n) is 2.89. The molecule has 11 heteroatoms. The highest BCUT2D eigenvalue weighted by Gasteiger charge is 2.27. The average molecular weight is 444 g/mol. The molecule has 2 aromatic heterocycles. The number of benzene rings is 1. The minimum atomic E-state index is -0.798. The van der Waals surface area contributed by atoms with E-state index in [0.29, 0.717) is 11.1 Å². The number of amides is 2. The Morgan fingerprint density at radius 1 is 1.23 bits per heavy atom. The summed E-state index contributed by atoms with van der Waals surface area (Å²) in [7, 11) is 1.47. The zero-order chi connectivity index (χ0) is 22.5. The predicted octanol–water partition coefficient (Wildman–Crippen LogP) is 2.05. The van der Waals surface area contributed by atoms with Crippen LogP contribution in [0.15, 0.2) is 39.6 Å². The van der Waals surface area contributed by atoms with Crippen molar-refractivity contribution in [3.05, 3.63) is 56.9 Å². The first-order valence-electron chi connectivity index (χ1n) is 9.31. The maximum Gasteiger partial charge on any atom is 0.442 e. The summed E-state index contributed by atoms with van der Waals surface area (Å²) in [6, 6.07) is 8.78. The van der Waals surface area contributed by atoms with Gasteiger partial charge in [0.1, 0.15) is 11.5 Å². The summed E-state index contributed by atoms with van der Waals surface area (Å²) in [5.41, 5.74) is 1.09. The molecule has 3 aromatic rings. The van der Waals surface area contributed by atoms with Crippen LogP contribution < -0.4 is 16.4 Å². The first-order valence-corrected chi connectivity index (χ1v) is 10.1. The van der Waals surface area contributed by atoms with Gasteiger partial charge in [0.15, 0.2) is 5.82 Å². The number of aromatic nitrogens is 2. The molecule has 2 heterocycles. The maximum absolute atomic E-state index is 12.7. The molecule has 0 aliphatic carbocycles. The first-order chi connectivity index (χ1) is 14.9. The third-order valence-corrected chi connectivity index (χ3v) is 5.54. The van der Waals surface area contributed by atoms with Crippen molar-refractivity contribution >= 4 is 34.1 Å². The largest absolute Gasteiger partial charge is 0.462 e. The highest BCUT2D eigenvalue weighted by Crippen LogP contribution is 2.33. The molecule has 0 saturated heterocycles. The monoisotopic (exact) mass is 444 g/mol. The van der Waals surface area contributed by atoms with Crippen molar-refractivity contribution in [2.75, 3.05) is 19.0 Å². The Balaban J connectivity index is 1.91. The van der Waals surface area contributed by atoms with Crippen molar-refractivity contribution < 1.29 is 23.6 Å². The molecule has 0 aliphatic rings. The molecular weight excluding hydrogens is 424 g/mol. The fraction of sp³-hybridized carbons (Fsp3) is 0.250. The molecule has 162 valence electrons. The van der Waals surface area contributed by atoms with E-state index in [9.17, 15) is 19.2 Å². The Bertz CT molecular complexity index is 1180. The van der Waals surface area contributed by atoms with Crippen LogP contribution in [-0.2, 0) is 16.1 Å². The number of esters is 1. The molecule has 0 radical (unpaired) electrons. The van der Waals surface area contributed by atoms with Crippen LogP contribution in [0.5, 0.6) is 0 Å². The molecule has 2 N–H and O–H groups in total. The van der Waals surface area contributed by atoms with E-state index in [-0.39, 0.29) is 27.9 Å². The van der Waals surface area contributed by atoms with Gasteiger partial charge < -0.3 is 15.4 Å². The SMILES string of the molecule is CCOC(=O)c1c(NC(=O)Cn2c(-c3ccccc3)noc2=O)sc(C(=O)NC)c1C. The van der Waals surface area contributed by atoms with Crippen LogP contribution >= 0.6 is 11.3 Å². The van der Waals surface area contributed by atoms with Crippen molar-refractivity contribution in [2.45, 2.75) is 20.4 Å². The molecular formula is C20H20N4O6S. The van der Waals surface area contributed by atoms with Crippen molar-refractivity contribution in [1.29, 1.82) is 0 Å². The fourth-order valence-corrected chi connectivity index (χ4v) is 4.05. The first kappa shape index (κ1) is 22.0. The van der Waals surface area contributed by atoms with Crippen LogP contribution in [0.1, 0.15) is 32.5 Å². The Hall–Kier alpha value is -3.73. The van der Waals surface area contributed by atoms with Gasteiger partial charge in [0, 0.05) is 12.6 Å². The summed E-state index contributed by atoms with van der Waals surface area (Å²) in [5, 5.41) is 9.00. The minimum absolute atomic E-state index is 0.0970. The molecule has 31 heavy (non-hydrogen) atoms. The average Bonchev–Trinajstić information content (AvgIpc) is 3.28. The van der Waals surface area contributed by atoms with Crippen LogP contribution in [0.25, 0.3) is 11.4 Å². The number of ether oxygens (including phenoxy) is 1. The molecule has 3 rings (SSSR count). The highest BCUT2D eigenvalue weighted by molar-refractivity contribution is 7.18. The normalized spacial score (nSPS) is 10.5. The Labute approximate surface area is 180 Å². The van der Waals surface area contributed by atoms with Crippen LogP contribution in [0, 0.1) is 6.92 Å². The second-order valence-corrected chi connectivity index (χ2v) is 7.35. The number of nitrogens with one attached hydrogen (secondary N) is 2. The number of carbonyl (C=O) groups is 3. The van der Waals surface area contributed by atoms with Crippen LogP contribution in [0.3, 0.4) is 0 Å². The van der Waals surface area contributed by atoms with Gasteiger partial charge in [-0.2, -0.15) is 0 Å². The van der Waals surface area contributed by atoms with Crippen molar-refractivity contribution in [1.82, 2.24) is 15.0 Å². The molecule has 0 fully saturated rings. The lowest BCUT2D eigenvalue weighted by atomic mass is 10.1. The zero-order valence-electron chi connectivity index (χ0n) is 17.1. The zero-order valence-corrected chi connectivity index (χ0v) is 17.9. The molecule has 0 bridgehead atoms. The summed E-state index contributed by atoms with van der Waals surface area (Å²) in [6.07, 6.45) is 0. The highest BCUT2D eigenvalue weighted by atomic mass is 32.1. The van der Waals surface area contributed by atoms with E-state index >= 15 is 0 Å². The third-order valence-electron chi connectivity index (χ3n) is 4.33. The van der Waals surface area contributed by atoms with Gasteiger partial charge in [-0.25, -0.2) is 14.2 Å². The topological polar surface area (TPSA) is 133 Å². The number of anilines is 1. The second kappa shape index (κ2) is 9.39.